The Kier molecular flexibility index (Phi) is 7.02. The van der Waals surface area contributed by atoms with E-state index in [1.165, 1.54) is 12.8 Å². The molecule has 1 aliphatic rings. The molecule has 3 N–H and O–H groups in total. The number of anilines is 3. The van der Waals surface area contributed by atoms with E-state index < -0.39 is 0 Å². The van der Waals surface area contributed by atoms with Crippen molar-refractivity contribution in [2.45, 2.75) is 52.6 Å². The zero-order valence-corrected chi connectivity index (χ0v) is 19.0. The van der Waals surface area contributed by atoms with Gasteiger partial charge < -0.3 is 15.8 Å². The molecule has 160 valence electrons. The molecule has 0 atom stereocenters. The van der Waals surface area contributed by atoms with Gasteiger partial charge in [0.2, 0.25) is 5.88 Å². The van der Waals surface area contributed by atoms with Gasteiger partial charge in [0, 0.05) is 17.3 Å². The number of nitrogens with one attached hydrogen (secondary N) is 1. The van der Waals surface area contributed by atoms with Crippen LogP contribution in [0.4, 0.5) is 17.2 Å². The zero-order valence-electron chi connectivity index (χ0n) is 18.1. The van der Waals surface area contributed by atoms with Gasteiger partial charge in [-0.15, -0.1) is 0 Å². The van der Waals surface area contributed by atoms with Gasteiger partial charge in [-0.3, -0.25) is 0 Å². The first-order valence-electron chi connectivity index (χ1n) is 10.3. The number of hydrogen-bond acceptors (Lipinski definition) is 7. The van der Waals surface area contributed by atoms with Crippen molar-refractivity contribution in [2.24, 2.45) is 5.41 Å². The third kappa shape index (κ3) is 5.14. The molecule has 1 aliphatic carbocycles. The van der Waals surface area contributed by atoms with Crippen molar-refractivity contribution in [1.29, 1.82) is 0 Å². The highest BCUT2D eigenvalue weighted by Crippen LogP contribution is 2.38. The minimum Gasteiger partial charge on any atom is -0.473 e. The van der Waals surface area contributed by atoms with E-state index in [1.807, 2.05) is 31.2 Å². The molecule has 30 heavy (non-hydrogen) atoms. The zero-order chi connectivity index (χ0) is 21.7. The van der Waals surface area contributed by atoms with Crippen LogP contribution in [0.1, 0.15) is 45.1 Å². The summed E-state index contributed by atoms with van der Waals surface area (Å²) in [5.74, 6) is 1.34. The molecule has 0 radical (unpaired) electrons. The van der Waals surface area contributed by atoms with Gasteiger partial charge in [0.25, 0.3) is 0 Å². The van der Waals surface area contributed by atoms with E-state index in [0.717, 1.165) is 40.8 Å². The van der Waals surface area contributed by atoms with Crippen LogP contribution in [-0.2, 0) is 0 Å². The minimum absolute atomic E-state index is 0.201. The maximum atomic E-state index is 6.28. The topological polar surface area (TPSA) is 86.0 Å². The number of rotatable bonds is 4. The fraction of sp³-hybridized carbons (Fsp3) is 0.435. The van der Waals surface area contributed by atoms with Crippen LogP contribution in [0.3, 0.4) is 0 Å². The molecule has 2 heterocycles. The number of ether oxygens (including phenoxy) is 1. The number of nitrogen functional groups attached to an aromatic ring is 1. The summed E-state index contributed by atoms with van der Waals surface area (Å²) in [7, 11) is 0. The number of benzene rings is 1. The lowest BCUT2D eigenvalue weighted by Crippen LogP contribution is -2.28. The lowest BCUT2D eigenvalue weighted by molar-refractivity contribution is 0.0956. The van der Waals surface area contributed by atoms with Gasteiger partial charge in [-0.05, 0) is 74.1 Å². The van der Waals surface area contributed by atoms with Crippen molar-refractivity contribution in [3.8, 4) is 5.88 Å². The van der Waals surface area contributed by atoms with Crippen LogP contribution < -0.4 is 15.8 Å². The number of hydrogen-bond donors (Lipinski definition) is 3. The molecule has 0 unspecified atom stereocenters. The first kappa shape index (κ1) is 22.2. The summed E-state index contributed by atoms with van der Waals surface area (Å²) in [6.45, 7) is 6.66. The number of aryl methyl sites for hydroxylation is 1. The van der Waals surface area contributed by atoms with Gasteiger partial charge in [-0.2, -0.15) is 12.6 Å². The Bertz CT molecular complexity index is 998. The van der Waals surface area contributed by atoms with Gasteiger partial charge in [-0.25, -0.2) is 15.0 Å². The molecule has 0 spiro atoms. The fourth-order valence-electron chi connectivity index (χ4n) is 3.87. The predicted octanol–water partition coefficient (Wildman–Crippen LogP) is 5.55. The van der Waals surface area contributed by atoms with E-state index in [1.54, 1.807) is 18.8 Å². The van der Waals surface area contributed by atoms with E-state index in [0.29, 0.717) is 17.0 Å². The molecular weight excluding hydrogens is 394 g/mol. The van der Waals surface area contributed by atoms with Crippen LogP contribution in [0.5, 0.6) is 5.88 Å². The van der Waals surface area contributed by atoms with Crippen LogP contribution in [0.15, 0.2) is 36.8 Å². The van der Waals surface area contributed by atoms with Gasteiger partial charge in [0.15, 0.2) is 0 Å². The molecule has 0 saturated heterocycles. The van der Waals surface area contributed by atoms with Gasteiger partial charge in [0.05, 0.1) is 5.52 Å². The fourth-order valence-corrected chi connectivity index (χ4v) is 3.87. The highest BCUT2D eigenvalue weighted by molar-refractivity contribution is 7.79. The second-order valence-corrected chi connectivity index (χ2v) is 8.42. The van der Waals surface area contributed by atoms with E-state index in [4.69, 9.17) is 10.5 Å². The molecule has 2 aromatic heterocycles. The molecular formula is C23H31N5OS. The van der Waals surface area contributed by atoms with Crippen molar-refractivity contribution >= 4 is 40.7 Å². The SMILES string of the molecule is CS.Cc1cc(N)cc2ncnc(Nc3cccnc3OC3CCC(C)(C)CC3)c12. The summed E-state index contributed by atoms with van der Waals surface area (Å²) in [6, 6.07) is 7.66. The number of nitrogens with two attached hydrogens (primary N) is 1. The van der Waals surface area contributed by atoms with E-state index >= 15 is 0 Å². The average Bonchev–Trinajstić information content (AvgIpc) is 2.72. The van der Waals surface area contributed by atoms with Gasteiger partial charge in [-0.1, -0.05) is 13.8 Å². The molecule has 1 aromatic carbocycles. The molecule has 0 bridgehead atoms. The van der Waals surface area contributed by atoms with Crippen LogP contribution in [0, 0.1) is 12.3 Å². The van der Waals surface area contributed by atoms with Crippen LogP contribution in [0.2, 0.25) is 0 Å². The van der Waals surface area contributed by atoms with Gasteiger partial charge >= 0.3 is 0 Å². The second kappa shape index (κ2) is 9.51. The molecule has 3 aromatic rings. The lowest BCUT2D eigenvalue weighted by atomic mass is 9.76. The summed E-state index contributed by atoms with van der Waals surface area (Å²) in [4.78, 5) is 13.3. The Morgan fingerprint density at radius 2 is 1.87 bits per heavy atom. The summed E-state index contributed by atoms with van der Waals surface area (Å²) in [5.41, 5.74) is 9.72. The third-order valence-corrected chi connectivity index (χ3v) is 5.55. The number of nitrogens with zero attached hydrogens (tertiary/aromatic N) is 3. The summed E-state index contributed by atoms with van der Waals surface area (Å²) in [5, 5.41) is 4.35. The van der Waals surface area contributed by atoms with E-state index in [-0.39, 0.29) is 6.10 Å². The first-order chi connectivity index (χ1) is 14.4. The Morgan fingerprint density at radius 3 is 2.60 bits per heavy atom. The average molecular weight is 426 g/mol. The third-order valence-electron chi connectivity index (χ3n) is 5.55. The van der Waals surface area contributed by atoms with E-state index in [9.17, 15) is 0 Å². The van der Waals surface area contributed by atoms with Gasteiger partial charge in [0.1, 0.15) is 23.9 Å². The second-order valence-electron chi connectivity index (χ2n) is 8.42. The molecule has 6 nitrogen and oxygen atoms in total. The number of pyridine rings is 1. The summed E-state index contributed by atoms with van der Waals surface area (Å²) in [6.07, 6.45) is 9.65. The van der Waals surface area contributed by atoms with E-state index in [2.05, 4.69) is 46.7 Å². The van der Waals surface area contributed by atoms with Crippen molar-refractivity contribution < 1.29 is 4.74 Å². The Labute approximate surface area is 184 Å². The molecule has 0 amide bonds. The maximum absolute atomic E-state index is 6.28. The molecule has 4 rings (SSSR count). The highest BCUT2D eigenvalue weighted by Gasteiger charge is 2.28. The molecule has 1 saturated carbocycles. The monoisotopic (exact) mass is 425 g/mol. The lowest BCUT2D eigenvalue weighted by Gasteiger charge is -2.34. The first-order valence-corrected chi connectivity index (χ1v) is 11.1. The molecule has 0 aliphatic heterocycles. The largest absolute Gasteiger partial charge is 0.473 e. The van der Waals surface area contributed by atoms with Crippen molar-refractivity contribution in [2.75, 3.05) is 17.3 Å². The molecule has 1 fully saturated rings. The van der Waals surface area contributed by atoms with Crippen LogP contribution >= 0.6 is 12.6 Å². The maximum Gasteiger partial charge on any atom is 0.238 e. The standard InChI is InChI=1S/C22H27N5O.CH4S/c1-14-11-15(23)12-18-19(14)20(26-13-25-18)27-17-5-4-10-24-21(17)28-16-6-8-22(2,3)9-7-16;1-2/h4-5,10-13,16H,6-9,23H2,1-3H3,(H,25,26,27);2H,1H3. The Hall–Kier alpha value is -2.54. The number of fused-ring (bicyclic) bond motifs is 1. The van der Waals surface area contributed by atoms with Crippen LogP contribution in [-0.4, -0.2) is 27.3 Å². The normalized spacial score (nSPS) is 15.9. The quantitative estimate of drug-likeness (QED) is 0.375. The smallest absolute Gasteiger partial charge is 0.238 e. The Balaban J connectivity index is 0.00000124. The van der Waals surface area contributed by atoms with Crippen molar-refractivity contribution in [3.05, 3.63) is 42.4 Å². The summed E-state index contributed by atoms with van der Waals surface area (Å²) >= 11 is 3.53. The summed E-state index contributed by atoms with van der Waals surface area (Å²) < 4.78 is 6.28. The molecule has 7 heteroatoms. The Morgan fingerprint density at radius 1 is 1.13 bits per heavy atom. The van der Waals surface area contributed by atoms with Crippen molar-refractivity contribution in [3.63, 3.8) is 0 Å². The van der Waals surface area contributed by atoms with Crippen LogP contribution in [0.25, 0.3) is 10.9 Å². The predicted molar refractivity (Wildman–Crippen MR) is 128 cm³/mol. The van der Waals surface area contributed by atoms with Crippen molar-refractivity contribution in [1.82, 2.24) is 15.0 Å². The number of aromatic nitrogens is 3. The number of thiol groups is 1. The highest BCUT2D eigenvalue weighted by atomic mass is 32.1. The minimum atomic E-state index is 0.201.